The van der Waals surface area contributed by atoms with Gasteiger partial charge in [0.15, 0.2) is 0 Å². The number of benzene rings is 1. The fourth-order valence-electron chi connectivity index (χ4n) is 1.52. The van der Waals surface area contributed by atoms with Crippen LogP contribution in [0.2, 0.25) is 10.0 Å². The van der Waals surface area contributed by atoms with Crippen LogP contribution in [0, 0.1) is 0 Å². The highest BCUT2D eigenvalue weighted by molar-refractivity contribution is 8.00. The molecule has 0 heterocycles. The van der Waals surface area contributed by atoms with E-state index in [2.05, 4.69) is 0 Å². The van der Waals surface area contributed by atoms with Crippen molar-refractivity contribution in [2.75, 3.05) is 13.6 Å². The molecule has 0 saturated heterocycles. The third-order valence-electron chi connectivity index (χ3n) is 2.65. The molecule has 0 aromatic heterocycles. The second-order valence-electron chi connectivity index (χ2n) is 4.46. The molecule has 0 radical (unpaired) electrons. The SMILES string of the molecule is C[C@@H](Sc1cc(Cl)ccc1Cl)C(=O)N(C)CCC(F)(F)F. The topological polar surface area (TPSA) is 20.3 Å². The Morgan fingerprint density at radius 1 is 1.38 bits per heavy atom. The van der Waals surface area contributed by atoms with E-state index in [4.69, 9.17) is 23.2 Å². The largest absolute Gasteiger partial charge is 0.390 e. The van der Waals surface area contributed by atoms with E-state index in [9.17, 15) is 18.0 Å². The molecule has 1 aromatic rings. The Hall–Kier alpha value is -0.590. The van der Waals surface area contributed by atoms with Crippen LogP contribution in [0.1, 0.15) is 13.3 Å². The average molecular weight is 360 g/mol. The van der Waals surface area contributed by atoms with Crippen molar-refractivity contribution < 1.29 is 18.0 Å². The lowest BCUT2D eigenvalue weighted by molar-refractivity contribution is -0.143. The Kier molecular flexibility index (Phi) is 6.69. The van der Waals surface area contributed by atoms with E-state index in [1.54, 1.807) is 25.1 Å². The van der Waals surface area contributed by atoms with E-state index in [1.165, 1.54) is 18.8 Å². The van der Waals surface area contributed by atoms with Crippen molar-refractivity contribution in [1.82, 2.24) is 4.90 Å². The Morgan fingerprint density at radius 3 is 2.57 bits per heavy atom. The van der Waals surface area contributed by atoms with Crippen LogP contribution < -0.4 is 0 Å². The number of halogens is 5. The highest BCUT2D eigenvalue weighted by Crippen LogP contribution is 2.33. The maximum absolute atomic E-state index is 12.1. The molecular formula is C13H14Cl2F3NOS. The van der Waals surface area contributed by atoms with E-state index >= 15 is 0 Å². The van der Waals surface area contributed by atoms with Crippen molar-refractivity contribution in [3.63, 3.8) is 0 Å². The zero-order valence-electron chi connectivity index (χ0n) is 11.4. The molecule has 0 unspecified atom stereocenters. The van der Waals surface area contributed by atoms with Gasteiger partial charge < -0.3 is 4.90 Å². The van der Waals surface area contributed by atoms with Gasteiger partial charge >= 0.3 is 6.18 Å². The maximum Gasteiger partial charge on any atom is 0.390 e. The van der Waals surface area contributed by atoms with Crippen molar-refractivity contribution >= 4 is 40.9 Å². The van der Waals surface area contributed by atoms with Crippen molar-refractivity contribution in [2.45, 2.75) is 29.7 Å². The fourth-order valence-corrected chi connectivity index (χ4v) is 3.05. The van der Waals surface area contributed by atoms with Crippen LogP contribution >= 0.6 is 35.0 Å². The average Bonchev–Trinajstić information content (AvgIpc) is 2.38. The quantitative estimate of drug-likeness (QED) is 0.698. The second kappa shape index (κ2) is 7.61. The van der Waals surface area contributed by atoms with Gasteiger partial charge in [0.2, 0.25) is 5.91 Å². The third kappa shape index (κ3) is 6.36. The van der Waals surface area contributed by atoms with Crippen molar-refractivity contribution in [1.29, 1.82) is 0 Å². The van der Waals surface area contributed by atoms with Crippen LogP contribution in [0.5, 0.6) is 0 Å². The van der Waals surface area contributed by atoms with Crippen molar-refractivity contribution in [3.05, 3.63) is 28.2 Å². The van der Waals surface area contributed by atoms with Gasteiger partial charge in [-0.1, -0.05) is 23.2 Å². The van der Waals surface area contributed by atoms with Crippen LogP contribution in [0.25, 0.3) is 0 Å². The minimum atomic E-state index is -4.28. The molecule has 1 aromatic carbocycles. The third-order valence-corrected chi connectivity index (χ3v) is 4.48. The molecule has 0 aliphatic heterocycles. The second-order valence-corrected chi connectivity index (χ2v) is 6.69. The molecular weight excluding hydrogens is 346 g/mol. The molecule has 21 heavy (non-hydrogen) atoms. The molecule has 0 spiro atoms. The molecule has 1 rings (SSSR count). The minimum absolute atomic E-state index is 0.365. The smallest absolute Gasteiger partial charge is 0.344 e. The summed E-state index contributed by atoms with van der Waals surface area (Å²) in [6.07, 6.45) is -5.30. The molecule has 1 amide bonds. The molecule has 2 nitrogen and oxygen atoms in total. The molecule has 0 N–H and O–H groups in total. The summed E-state index contributed by atoms with van der Waals surface area (Å²) in [5.41, 5.74) is 0. The number of alkyl halides is 3. The van der Waals surface area contributed by atoms with Crippen LogP contribution in [0.3, 0.4) is 0 Å². The van der Waals surface area contributed by atoms with Crippen LogP contribution in [0.4, 0.5) is 13.2 Å². The zero-order chi connectivity index (χ0) is 16.2. The first kappa shape index (κ1) is 18.5. The summed E-state index contributed by atoms with van der Waals surface area (Å²) >= 11 is 13.0. The van der Waals surface area contributed by atoms with Crippen molar-refractivity contribution in [2.24, 2.45) is 0 Å². The number of hydrogen-bond donors (Lipinski definition) is 0. The van der Waals surface area contributed by atoms with E-state index in [0.29, 0.717) is 14.9 Å². The Labute approximate surface area is 135 Å². The fraction of sp³-hybridized carbons (Fsp3) is 0.462. The number of hydrogen-bond acceptors (Lipinski definition) is 2. The molecule has 0 bridgehead atoms. The van der Waals surface area contributed by atoms with E-state index in [1.807, 2.05) is 0 Å². The van der Waals surface area contributed by atoms with Crippen LogP contribution in [0.15, 0.2) is 23.1 Å². The highest BCUT2D eigenvalue weighted by atomic mass is 35.5. The molecule has 1 atom stereocenters. The predicted octanol–water partition coefficient (Wildman–Crippen LogP) is 4.88. The summed E-state index contributed by atoms with van der Waals surface area (Å²) in [4.78, 5) is 13.7. The lowest BCUT2D eigenvalue weighted by atomic mass is 10.3. The van der Waals surface area contributed by atoms with Crippen molar-refractivity contribution in [3.8, 4) is 0 Å². The van der Waals surface area contributed by atoms with Crippen LogP contribution in [-0.2, 0) is 4.79 Å². The first-order chi connectivity index (χ1) is 9.60. The standard InChI is InChI=1S/C13H14Cl2F3NOS/c1-8(12(20)19(2)6-5-13(16,17)18)21-11-7-9(14)3-4-10(11)15/h3-4,7-8H,5-6H2,1-2H3/t8-/m1/s1. The maximum atomic E-state index is 12.1. The summed E-state index contributed by atoms with van der Waals surface area (Å²) in [5.74, 6) is -0.389. The van der Waals surface area contributed by atoms with Gasteiger partial charge in [-0.2, -0.15) is 13.2 Å². The number of amides is 1. The summed E-state index contributed by atoms with van der Waals surface area (Å²) in [7, 11) is 1.35. The summed E-state index contributed by atoms with van der Waals surface area (Å²) < 4.78 is 36.4. The van der Waals surface area contributed by atoms with Gasteiger partial charge in [0, 0.05) is 23.5 Å². The van der Waals surface area contributed by atoms with E-state index < -0.39 is 17.8 Å². The van der Waals surface area contributed by atoms with Gasteiger partial charge in [-0.05, 0) is 25.1 Å². The Morgan fingerprint density at radius 2 is 2.00 bits per heavy atom. The monoisotopic (exact) mass is 359 g/mol. The van der Waals surface area contributed by atoms with Gasteiger partial charge in [-0.3, -0.25) is 4.79 Å². The summed E-state index contributed by atoms with van der Waals surface area (Å²) in [6, 6.07) is 4.85. The molecule has 0 aliphatic rings. The molecule has 0 aliphatic carbocycles. The number of nitrogens with zero attached hydrogens (tertiary/aromatic N) is 1. The zero-order valence-corrected chi connectivity index (χ0v) is 13.7. The first-order valence-corrected chi connectivity index (χ1v) is 7.67. The number of carbonyl (C=O) groups is 1. The van der Waals surface area contributed by atoms with E-state index in [0.717, 1.165) is 4.90 Å². The molecule has 118 valence electrons. The molecule has 8 heteroatoms. The van der Waals surface area contributed by atoms with Gasteiger partial charge in [-0.15, -0.1) is 11.8 Å². The first-order valence-electron chi connectivity index (χ1n) is 6.03. The summed E-state index contributed by atoms with van der Waals surface area (Å²) in [5, 5.41) is 0.369. The number of rotatable bonds is 5. The lowest BCUT2D eigenvalue weighted by Crippen LogP contribution is -2.35. The predicted molar refractivity (Wildman–Crippen MR) is 80.1 cm³/mol. The normalized spacial score (nSPS) is 13.1. The lowest BCUT2D eigenvalue weighted by Gasteiger charge is -2.22. The molecule has 0 fully saturated rings. The summed E-state index contributed by atoms with van der Waals surface area (Å²) in [6.45, 7) is 1.25. The number of thioether (sulfide) groups is 1. The van der Waals surface area contributed by atoms with Gasteiger partial charge in [-0.25, -0.2) is 0 Å². The van der Waals surface area contributed by atoms with Gasteiger partial charge in [0.1, 0.15) is 0 Å². The van der Waals surface area contributed by atoms with Gasteiger partial charge in [0.25, 0.3) is 0 Å². The molecule has 0 saturated carbocycles. The minimum Gasteiger partial charge on any atom is -0.344 e. The van der Waals surface area contributed by atoms with Crippen LogP contribution in [-0.4, -0.2) is 35.8 Å². The van der Waals surface area contributed by atoms with E-state index in [-0.39, 0.29) is 12.5 Å². The highest BCUT2D eigenvalue weighted by Gasteiger charge is 2.29. The van der Waals surface area contributed by atoms with Gasteiger partial charge in [0.05, 0.1) is 16.7 Å². The Bertz CT molecular complexity index is 511. The number of carbonyl (C=O) groups excluding carboxylic acids is 1. The Balaban J connectivity index is 2.64.